The lowest BCUT2D eigenvalue weighted by Gasteiger charge is -2.16. The van der Waals surface area contributed by atoms with E-state index in [0.717, 1.165) is 0 Å². The number of likely N-dealkylation sites (N-methyl/N-ethyl adjacent to an activating group) is 1. The average Bonchev–Trinajstić information content (AvgIpc) is 2.79. The van der Waals surface area contributed by atoms with Crippen molar-refractivity contribution >= 4 is 40.7 Å². The van der Waals surface area contributed by atoms with Crippen molar-refractivity contribution in [3.63, 3.8) is 0 Å². The van der Waals surface area contributed by atoms with Crippen LogP contribution >= 0.6 is 34.8 Å². The van der Waals surface area contributed by atoms with Crippen molar-refractivity contribution < 1.29 is 4.79 Å². The number of amides is 1. The minimum atomic E-state index is -0.465. The Balaban J connectivity index is 2.47. The summed E-state index contributed by atoms with van der Waals surface area (Å²) in [5.74, 6) is -0.0778. The predicted molar refractivity (Wildman–Crippen MR) is 86.1 cm³/mol. The lowest BCUT2D eigenvalue weighted by Crippen LogP contribution is -2.30. The highest BCUT2D eigenvalue weighted by atomic mass is 35.5. The summed E-state index contributed by atoms with van der Waals surface area (Å²) >= 11 is 18.6. The van der Waals surface area contributed by atoms with E-state index in [4.69, 9.17) is 34.8 Å². The number of carbonyl (C=O) groups is 1. The number of halogens is 3. The van der Waals surface area contributed by atoms with Gasteiger partial charge in [0.1, 0.15) is 11.7 Å². The molecule has 0 fully saturated rings. The van der Waals surface area contributed by atoms with Gasteiger partial charge in [0.2, 0.25) is 5.91 Å². The molecule has 7 heteroatoms. The number of rotatable bonds is 3. The fourth-order valence-electron chi connectivity index (χ4n) is 1.95. The predicted octanol–water partition coefficient (Wildman–Crippen LogP) is 4.16. The topological polar surface area (TPSA) is 38.1 Å². The van der Waals surface area contributed by atoms with Gasteiger partial charge in [0.25, 0.3) is 0 Å². The zero-order valence-electron chi connectivity index (χ0n) is 11.8. The molecular formula is C14H14Cl3N3O. The smallest absolute Gasteiger partial charge is 0.246 e. The van der Waals surface area contributed by atoms with E-state index in [2.05, 4.69) is 5.10 Å². The summed E-state index contributed by atoms with van der Waals surface area (Å²) in [6.07, 6.45) is 1.60. The molecule has 112 valence electrons. The van der Waals surface area contributed by atoms with E-state index in [1.165, 1.54) is 9.58 Å². The fourth-order valence-corrected chi connectivity index (χ4v) is 2.76. The molecule has 1 aromatic heterocycles. The third-order valence-corrected chi connectivity index (χ3v) is 3.99. The van der Waals surface area contributed by atoms with Gasteiger partial charge in [0.15, 0.2) is 0 Å². The molecule has 0 aliphatic rings. The Labute approximate surface area is 138 Å². The van der Waals surface area contributed by atoms with Crippen molar-refractivity contribution in [2.75, 3.05) is 14.1 Å². The maximum Gasteiger partial charge on any atom is 0.246 e. The maximum atomic E-state index is 12.0. The summed E-state index contributed by atoms with van der Waals surface area (Å²) in [6.45, 7) is 1.75. The number of aromatic nitrogens is 2. The Morgan fingerprint density at radius 1 is 1.19 bits per heavy atom. The molecule has 1 heterocycles. The van der Waals surface area contributed by atoms with E-state index in [1.54, 1.807) is 45.4 Å². The average molecular weight is 347 g/mol. The molecule has 2 rings (SSSR count). The first kappa shape index (κ1) is 16.1. The molecule has 1 atom stereocenters. The Morgan fingerprint density at radius 2 is 1.76 bits per heavy atom. The summed E-state index contributed by atoms with van der Waals surface area (Å²) < 4.78 is 1.51. The SMILES string of the molecule is CC(C(=O)N(C)C)n1cc(Cl)c(-c2c(Cl)cccc2Cl)n1. The number of nitrogens with zero attached hydrogens (tertiary/aromatic N) is 3. The monoisotopic (exact) mass is 345 g/mol. The lowest BCUT2D eigenvalue weighted by atomic mass is 10.1. The third kappa shape index (κ3) is 3.18. The van der Waals surface area contributed by atoms with E-state index in [9.17, 15) is 4.79 Å². The van der Waals surface area contributed by atoms with Crippen molar-refractivity contribution in [1.82, 2.24) is 14.7 Å². The van der Waals surface area contributed by atoms with Gasteiger partial charge >= 0.3 is 0 Å². The summed E-state index contributed by atoms with van der Waals surface area (Å²) in [5, 5.41) is 5.68. The summed E-state index contributed by atoms with van der Waals surface area (Å²) in [6, 6.07) is 4.71. The molecule has 0 saturated heterocycles. The van der Waals surface area contributed by atoms with E-state index < -0.39 is 6.04 Å². The standard InChI is InChI=1S/C14H14Cl3N3O/c1-8(14(21)19(2)3)20-7-11(17)13(18-20)12-9(15)5-4-6-10(12)16/h4-8H,1-3H3. The van der Waals surface area contributed by atoms with Gasteiger partial charge in [-0.25, -0.2) is 0 Å². The Bertz CT molecular complexity index is 662. The van der Waals surface area contributed by atoms with E-state index >= 15 is 0 Å². The summed E-state index contributed by atoms with van der Waals surface area (Å²) in [7, 11) is 3.38. The Hall–Kier alpha value is -1.23. The molecule has 0 saturated carbocycles. The highest BCUT2D eigenvalue weighted by Crippen LogP contribution is 2.37. The normalized spacial score (nSPS) is 12.3. The lowest BCUT2D eigenvalue weighted by molar-refractivity contribution is -0.131. The highest BCUT2D eigenvalue weighted by Gasteiger charge is 2.22. The van der Waals surface area contributed by atoms with Crippen molar-refractivity contribution in [3.8, 4) is 11.3 Å². The van der Waals surface area contributed by atoms with Crippen LogP contribution in [0.4, 0.5) is 0 Å². The van der Waals surface area contributed by atoms with E-state index in [1.807, 2.05) is 0 Å². The molecule has 21 heavy (non-hydrogen) atoms. The zero-order chi connectivity index (χ0) is 15.7. The van der Waals surface area contributed by atoms with E-state index in [-0.39, 0.29) is 5.91 Å². The van der Waals surface area contributed by atoms with Gasteiger partial charge < -0.3 is 4.90 Å². The first-order valence-electron chi connectivity index (χ1n) is 6.23. The van der Waals surface area contributed by atoms with Crippen molar-refractivity contribution in [1.29, 1.82) is 0 Å². The van der Waals surface area contributed by atoms with Crippen molar-refractivity contribution in [2.45, 2.75) is 13.0 Å². The minimum Gasteiger partial charge on any atom is -0.347 e. The molecule has 0 aliphatic heterocycles. The first-order chi connectivity index (χ1) is 9.82. The zero-order valence-corrected chi connectivity index (χ0v) is 14.0. The molecular weight excluding hydrogens is 333 g/mol. The highest BCUT2D eigenvalue weighted by molar-refractivity contribution is 6.40. The Morgan fingerprint density at radius 3 is 2.29 bits per heavy atom. The van der Waals surface area contributed by atoms with Crippen LogP contribution in [-0.2, 0) is 4.79 Å². The molecule has 0 N–H and O–H groups in total. The van der Waals surface area contributed by atoms with Crippen LogP contribution in [0.5, 0.6) is 0 Å². The summed E-state index contributed by atoms with van der Waals surface area (Å²) in [5.41, 5.74) is 1.03. The van der Waals surface area contributed by atoms with Crippen LogP contribution in [0.1, 0.15) is 13.0 Å². The van der Waals surface area contributed by atoms with Crippen molar-refractivity contribution in [3.05, 3.63) is 39.5 Å². The summed E-state index contributed by atoms with van der Waals surface area (Å²) in [4.78, 5) is 13.5. The van der Waals surface area contributed by atoms with Crippen LogP contribution in [0.25, 0.3) is 11.3 Å². The van der Waals surface area contributed by atoms with E-state index in [0.29, 0.717) is 26.3 Å². The van der Waals surface area contributed by atoms with Crippen LogP contribution in [0.3, 0.4) is 0 Å². The molecule has 0 radical (unpaired) electrons. The van der Waals surface area contributed by atoms with Gasteiger partial charge in [-0.3, -0.25) is 9.48 Å². The molecule has 1 aromatic carbocycles. The molecule has 1 unspecified atom stereocenters. The second kappa shape index (κ2) is 6.26. The number of hydrogen-bond donors (Lipinski definition) is 0. The number of carbonyl (C=O) groups excluding carboxylic acids is 1. The largest absolute Gasteiger partial charge is 0.347 e. The van der Waals surface area contributed by atoms with Crippen LogP contribution in [0.2, 0.25) is 15.1 Å². The maximum absolute atomic E-state index is 12.0. The number of hydrogen-bond acceptors (Lipinski definition) is 2. The first-order valence-corrected chi connectivity index (χ1v) is 7.36. The van der Waals surface area contributed by atoms with Crippen LogP contribution in [0.15, 0.2) is 24.4 Å². The van der Waals surface area contributed by atoms with Gasteiger partial charge in [-0.1, -0.05) is 40.9 Å². The molecule has 0 aliphatic carbocycles. The number of benzene rings is 1. The molecule has 1 amide bonds. The minimum absolute atomic E-state index is 0.0778. The van der Waals surface area contributed by atoms with Crippen LogP contribution in [0, 0.1) is 0 Å². The van der Waals surface area contributed by atoms with Crippen molar-refractivity contribution in [2.24, 2.45) is 0 Å². The molecule has 0 bridgehead atoms. The Kier molecular flexibility index (Phi) is 4.81. The van der Waals surface area contributed by atoms with Gasteiger partial charge in [0, 0.05) is 25.9 Å². The third-order valence-electron chi connectivity index (χ3n) is 3.08. The van der Waals surface area contributed by atoms with Gasteiger partial charge in [-0.15, -0.1) is 0 Å². The van der Waals surface area contributed by atoms with Gasteiger partial charge in [0.05, 0.1) is 15.1 Å². The quantitative estimate of drug-likeness (QED) is 0.837. The second-order valence-electron chi connectivity index (χ2n) is 4.81. The molecule has 2 aromatic rings. The van der Waals surface area contributed by atoms with Gasteiger partial charge in [-0.2, -0.15) is 5.10 Å². The molecule has 0 spiro atoms. The molecule has 4 nitrogen and oxygen atoms in total. The van der Waals surface area contributed by atoms with Crippen LogP contribution in [-0.4, -0.2) is 34.7 Å². The van der Waals surface area contributed by atoms with Gasteiger partial charge in [-0.05, 0) is 19.1 Å². The second-order valence-corrected chi connectivity index (χ2v) is 6.03. The van der Waals surface area contributed by atoms with Crippen LogP contribution < -0.4 is 0 Å². The fraction of sp³-hybridized carbons (Fsp3) is 0.286.